The van der Waals surface area contributed by atoms with Gasteiger partial charge in [0.1, 0.15) is 5.75 Å². The van der Waals surface area contributed by atoms with E-state index >= 15 is 0 Å². The van der Waals surface area contributed by atoms with Gasteiger partial charge in [0.05, 0.1) is 11.6 Å². The molecule has 1 rings (SSSR count). The van der Waals surface area contributed by atoms with Crippen LogP contribution in [0.5, 0.6) is 5.75 Å². The number of imide groups is 1. The summed E-state index contributed by atoms with van der Waals surface area (Å²) in [5.41, 5.74) is 4.73. The largest absolute Gasteiger partial charge is 0.492 e. The predicted octanol–water partition coefficient (Wildman–Crippen LogP) is 1.89. The standard InChI is InChI=1S/C13H14Cl2N2O5/c14-8-3-4-10(9(15)6-8)21-5-1-2-12(19)22-7-11(18)17-13(16)20/h3-4,6H,1-2,5,7H2,(H3,16,17,18,20). The molecule has 0 aliphatic heterocycles. The van der Waals surface area contributed by atoms with Crippen LogP contribution in [0, 0.1) is 0 Å². The van der Waals surface area contributed by atoms with Crippen LogP contribution in [0.2, 0.25) is 10.0 Å². The van der Waals surface area contributed by atoms with E-state index in [-0.39, 0.29) is 13.0 Å². The number of nitrogens with one attached hydrogen (secondary N) is 1. The lowest BCUT2D eigenvalue weighted by atomic mass is 10.3. The van der Waals surface area contributed by atoms with Crippen LogP contribution < -0.4 is 15.8 Å². The summed E-state index contributed by atoms with van der Waals surface area (Å²) in [5.74, 6) is -0.921. The first-order valence-electron chi connectivity index (χ1n) is 6.21. The third-order valence-electron chi connectivity index (χ3n) is 2.30. The highest BCUT2D eigenvalue weighted by atomic mass is 35.5. The van der Waals surface area contributed by atoms with E-state index in [1.54, 1.807) is 23.5 Å². The van der Waals surface area contributed by atoms with Gasteiger partial charge >= 0.3 is 12.0 Å². The minimum atomic E-state index is -1.01. The Kier molecular flexibility index (Phi) is 7.48. The third kappa shape index (κ3) is 7.14. The molecule has 0 bridgehead atoms. The van der Waals surface area contributed by atoms with E-state index in [1.807, 2.05) is 0 Å². The summed E-state index contributed by atoms with van der Waals surface area (Å²) in [6, 6.07) is 3.80. The second kappa shape index (κ2) is 9.11. The van der Waals surface area contributed by atoms with Crippen molar-refractivity contribution in [1.82, 2.24) is 5.32 Å². The molecule has 0 aromatic heterocycles. The number of hydrogen-bond donors (Lipinski definition) is 2. The summed E-state index contributed by atoms with van der Waals surface area (Å²) in [4.78, 5) is 32.7. The van der Waals surface area contributed by atoms with Crippen LogP contribution in [0.1, 0.15) is 12.8 Å². The summed E-state index contributed by atoms with van der Waals surface area (Å²) in [6.07, 6.45) is 0.421. The molecule has 0 atom stereocenters. The fourth-order valence-electron chi connectivity index (χ4n) is 1.38. The monoisotopic (exact) mass is 348 g/mol. The van der Waals surface area contributed by atoms with Gasteiger partial charge < -0.3 is 15.2 Å². The number of esters is 1. The van der Waals surface area contributed by atoms with Crippen molar-refractivity contribution in [2.75, 3.05) is 13.2 Å². The van der Waals surface area contributed by atoms with Gasteiger partial charge in [-0.15, -0.1) is 0 Å². The van der Waals surface area contributed by atoms with Gasteiger partial charge in [-0.2, -0.15) is 0 Å². The molecular formula is C13H14Cl2N2O5. The summed E-state index contributed by atoms with van der Waals surface area (Å²) < 4.78 is 10.0. The predicted molar refractivity (Wildman–Crippen MR) is 79.9 cm³/mol. The van der Waals surface area contributed by atoms with Crippen LogP contribution in [-0.4, -0.2) is 31.1 Å². The molecule has 3 N–H and O–H groups in total. The maximum atomic E-state index is 11.3. The molecule has 0 unspecified atom stereocenters. The number of amides is 3. The number of urea groups is 1. The van der Waals surface area contributed by atoms with E-state index in [0.717, 1.165) is 0 Å². The topological polar surface area (TPSA) is 108 Å². The molecule has 0 heterocycles. The lowest BCUT2D eigenvalue weighted by molar-refractivity contribution is -0.148. The summed E-state index contributed by atoms with van der Waals surface area (Å²) >= 11 is 11.7. The molecule has 0 saturated carbocycles. The van der Waals surface area contributed by atoms with Crippen LogP contribution in [0.3, 0.4) is 0 Å². The molecule has 7 nitrogen and oxygen atoms in total. The van der Waals surface area contributed by atoms with E-state index in [1.165, 1.54) is 0 Å². The lowest BCUT2D eigenvalue weighted by Crippen LogP contribution is -2.37. The molecule has 0 radical (unpaired) electrons. The van der Waals surface area contributed by atoms with Gasteiger partial charge in [0.15, 0.2) is 6.61 Å². The van der Waals surface area contributed by atoms with Crippen LogP contribution in [-0.2, 0) is 14.3 Å². The number of nitrogens with two attached hydrogens (primary N) is 1. The van der Waals surface area contributed by atoms with Crippen molar-refractivity contribution in [3.63, 3.8) is 0 Å². The van der Waals surface area contributed by atoms with Gasteiger partial charge in [0.2, 0.25) is 0 Å². The average molecular weight is 349 g/mol. The second-order valence-corrected chi connectivity index (χ2v) is 4.94. The van der Waals surface area contributed by atoms with Gasteiger partial charge in [-0.3, -0.25) is 14.9 Å². The maximum absolute atomic E-state index is 11.3. The quantitative estimate of drug-likeness (QED) is 0.577. The summed E-state index contributed by atoms with van der Waals surface area (Å²) in [6.45, 7) is -0.324. The molecule has 0 aliphatic rings. The van der Waals surface area contributed by atoms with Crippen molar-refractivity contribution in [2.24, 2.45) is 5.73 Å². The fraction of sp³-hybridized carbons (Fsp3) is 0.308. The zero-order chi connectivity index (χ0) is 16.5. The zero-order valence-corrected chi connectivity index (χ0v) is 12.9. The molecule has 0 fully saturated rings. The second-order valence-electron chi connectivity index (χ2n) is 4.10. The number of halogens is 2. The molecule has 0 spiro atoms. The first-order valence-corrected chi connectivity index (χ1v) is 6.97. The van der Waals surface area contributed by atoms with Crippen molar-refractivity contribution in [2.45, 2.75) is 12.8 Å². The minimum absolute atomic E-state index is 0.0507. The van der Waals surface area contributed by atoms with E-state index in [9.17, 15) is 14.4 Å². The van der Waals surface area contributed by atoms with Crippen molar-refractivity contribution in [1.29, 1.82) is 0 Å². The van der Waals surface area contributed by atoms with Gasteiger partial charge in [-0.25, -0.2) is 4.79 Å². The Bertz CT molecular complexity index is 565. The molecule has 1 aromatic carbocycles. The normalized spacial score (nSPS) is 9.91. The Labute approximate surface area is 136 Å². The van der Waals surface area contributed by atoms with Crippen LogP contribution in [0.4, 0.5) is 4.79 Å². The third-order valence-corrected chi connectivity index (χ3v) is 2.83. The minimum Gasteiger partial charge on any atom is -0.492 e. The average Bonchev–Trinajstić information content (AvgIpc) is 2.42. The molecule has 120 valence electrons. The van der Waals surface area contributed by atoms with Gasteiger partial charge in [-0.1, -0.05) is 23.2 Å². The van der Waals surface area contributed by atoms with Gasteiger partial charge in [0, 0.05) is 11.4 Å². The number of hydrogen-bond acceptors (Lipinski definition) is 5. The van der Waals surface area contributed by atoms with Crippen molar-refractivity contribution < 1.29 is 23.9 Å². The Morgan fingerprint density at radius 2 is 1.95 bits per heavy atom. The maximum Gasteiger partial charge on any atom is 0.318 e. The molecule has 0 saturated heterocycles. The highest BCUT2D eigenvalue weighted by Gasteiger charge is 2.09. The number of ether oxygens (including phenoxy) is 2. The zero-order valence-electron chi connectivity index (χ0n) is 11.4. The van der Waals surface area contributed by atoms with Crippen LogP contribution >= 0.6 is 23.2 Å². The Balaban J connectivity index is 2.20. The van der Waals surface area contributed by atoms with Crippen LogP contribution in [0.15, 0.2) is 18.2 Å². The van der Waals surface area contributed by atoms with E-state index in [0.29, 0.717) is 22.2 Å². The molecular weight excluding hydrogens is 335 g/mol. The van der Waals surface area contributed by atoms with E-state index in [4.69, 9.17) is 33.7 Å². The molecule has 22 heavy (non-hydrogen) atoms. The van der Waals surface area contributed by atoms with E-state index in [2.05, 4.69) is 4.74 Å². The summed E-state index contributed by atoms with van der Waals surface area (Å²) in [5, 5.41) is 2.64. The highest BCUT2D eigenvalue weighted by molar-refractivity contribution is 6.35. The Hall–Kier alpha value is -1.99. The Morgan fingerprint density at radius 1 is 1.23 bits per heavy atom. The van der Waals surface area contributed by atoms with Crippen molar-refractivity contribution >= 4 is 41.1 Å². The molecule has 3 amide bonds. The smallest absolute Gasteiger partial charge is 0.318 e. The number of benzene rings is 1. The van der Waals surface area contributed by atoms with Gasteiger partial charge in [0.25, 0.3) is 5.91 Å². The number of carbonyl (C=O) groups is 3. The van der Waals surface area contributed by atoms with Gasteiger partial charge in [-0.05, 0) is 24.6 Å². The lowest BCUT2D eigenvalue weighted by Gasteiger charge is -2.08. The highest BCUT2D eigenvalue weighted by Crippen LogP contribution is 2.27. The molecule has 0 aliphatic carbocycles. The van der Waals surface area contributed by atoms with Crippen molar-refractivity contribution in [3.8, 4) is 5.75 Å². The SMILES string of the molecule is NC(=O)NC(=O)COC(=O)CCCOc1ccc(Cl)cc1Cl. The van der Waals surface area contributed by atoms with E-state index < -0.39 is 24.5 Å². The first-order chi connectivity index (χ1) is 10.4. The molecule has 1 aromatic rings. The number of rotatable bonds is 7. The fourth-order valence-corrected chi connectivity index (χ4v) is 1.85. The number of primary amides is 1. The summed E-state index contributed by atoms with van der Waals surface area (Å²) in [7, 11) is 0. The van der Waals surface area contributed by atoms with Crippen LogP contribution in [0.25, 0.3) is 0 Å². The first kappa shape index (κ1) is 18.1. The molecule has 9 heteroatoms. The number of carbonyl (C=O) groups excluding carboxylic acids is 3. The Morgan fingerprint density at radius 3 is 2.59 bits per heavy atom. The van der Waals surface area contributed by atoms with Crippen molar-refractivity contribution in [3.05, 3.63) is 28.2 Å².